The summed E-state index contributed by atoms with van der Waals surface area (Å²) in [6.45, 7) is -0.0690. The number of aliphatic hydroxyl groups is 3. The second kappa shape index (κ2) is 13.3. The molecule has 2 aromatic rings. The Balaban J connectivity index is 1.73. The highest BCUT2D eigenvalue weighted by Crippen LogP contribution is 2.50. The van der Waals surface area contributed by atoms with Gasteiger partial charge >= 0.3 is 23.5 Å². The Bertz CT molecular complexity index is 1420. The highest BCUT2D eigenvalue weighted by Gasteiger charge is 2.56. The van der Waals surface area contributed by atoms with Crippen molar-refractivity contribution in [3.8, 4) is 0 Å². The molecule has 2 saturated heterocycles. The Kier molecular flexibility index (Phi) is 10.7. The summed E-state index contributed by atoms with van der Waals surface area (Å²) in [6, 6.07) is 10.4. The zero-order chi connectivity index (χ0) is 31.9. The Labute approximate surface area is 243 Å². The molecule has 9 atom stereocenters. The molecule has 0 amide bonds. The first kappa shape index (κ1) is 34.7. The lowest BCUT2D eigenvalue weighted by Gasteiger charge is -2.44. The number of hydrogen-bond acceptors (Lipinski definition) is 12. The van der Waals surface area contributed by atoms with E-state index in [4.69, 9.17) is 18.7 Å². The third-order valence-electron chi connectivity index (χ3n) is 6.84. The van der Waals surface area contributed by atoms with E-state index >= 15 is 0 Å². The van der Waals surface area contributed by atoms with Crippen LogP contribution in [0.25, 0.3) is 10.8 Å². The van der Waals surface area contributed by atoms with Crippen LogP contribution in [-0.4, -0.2) is 107 Å². The molecule has 4 rings (SSSR count). The van der Waals surface area contributed by atoms with Crippen LogP contribution in [-0.2, 0) is 41.5 Å². The van der Waals surface area contributed by atoms with Gasteiger partial charge in [-0.1, -0.05) is 36.4 Å². The zero-order valence-corrected chi connectivity index (χ0v) is 24.8. The SMILES string of the molecule is Cc1ccc([C@@H]2O[C@H](CO)[C@@H](O[C@H]3O[C@H](CO)[C@@H](OP(=O)(O)O)[C@H](OP(=O)(O)O)[C@H]3O)[C@H]2OP(=O)(O)O)c2ccccc12. The molecule has 0 saturated carbocycles. The van der Waals surface area contributed by atoms with E-state index in [0.717, 1.165) is 10.9 Å². The summed E-state index contributed by atoms with van der Waals surface area (Å²) in [5.74, 6) is 0. The van der Waals surface area contributed by atoms with E-state index in [0.29, 0.717) is 10.9 Å². The number of fused-ring (bicyclic) bond motifs is 1. The largest absolute Gasteiger partial charge is 0.470 e. The Morgan fingerprint density at radius 2 is 1.21 bits per heavy atom. The molecular formula is C22H31O18P3. The molecule has 21 heteroatoms. The van der Waals surface area contributed by atoms with Gasteiger partial charge in [-0.25, -0.2) is 13.7 Å². The molecule has 242 valence electrons. The molecule has 2 fully saturated rings. The van der Waals surface area contributed by atoms with Gasteiger partial charge in [0.05, 0.1) is 13.2 Å². The Morgan fingerprint density at radius 3 is 1.77 bits per heavy atom. The lowest BCUT2D eigenvalue weighted by molar-refractivity contribution is -0.313. The predicted molar refractivity (Wildman–Crippen MR) is 141 cm³/mol. The van der Waals surface area contributed by atoms with Crippen LogP contribution in [0, 0.1) is 6.92 Å². The maximum Gasteiger partial charge on any atom is 0.470 e. The van der Waals surface area contributed by atoms with Gasteiger partial charge in [0.25, 0.3) is 0 Å². The van der Waals surface area contributed by atoms with Gasteiger partial charge in [-0.05, 0) is 28.8 Å². The van der Waals surface area contributed by atoms with Crippen LogP contribution in [0.5, 0.6) is 0 Å². The molecule has 0 bridgehead atoms. The lowest BCUT2D eigenvalue weighted by atomic mass is 9.94. The molecular weight excluding hydrogens is 645 g/mol. The topological polar surface area (TPSA) is 289 Å². The van der Waals surface area contributed by atoms with E-state index in [1.165, 1.54) is 0 Å². The summed E-state index contributed by atoms with van der Waals surface area (Å²) in [6.07, 6.45) is -16.7. The number of phosphoric ester groups is 3. The van der Waals surface area contributed by atoms with E-state index in [2.05, 4.69) is 9.05 Å². The van der Waals surface area contributed by atoms with Gasteiger partial charge in [0, 0.05) is 0 Å². The van der Waals surface area contributed by atoms with Crippen LogP contribution in [0.4, 0.5) is 0 Å². The van der Waals surface area contributed by atoms with Gasteiger partial charge in [-0.2, -0.15) is 0 Å². The first-order chi connectivity index (χ1) is 19.9. The highest BCUT2D eigenvalue weighted by molar-refractivity contribution is 7.46. The van der Waals surface area contributed by atoms with Crippen LogP contribution in [0.1, 0.15) is 17.2 Å². The van der Waals surface area contributed by atoms with Gasteiger partial charge in [-0.3, -0.25) is 13.6 Å². The fourth-order valence-corrected chi connectivity index (χ4v) is 6.84. The zero-order valence-electron chi connectivity index (χ0n) is 22.1. The van der Waals surface area contributed by atoms with Gasteiger partial charge < -0.3 is 58.9 Å². The van der Waals surface area contributed by atoms with Crippen molar-refractivity contribution in [2.24, 2.45) is 0 Å². The quantitative estimate of drug-likeness (QED) is 0.135. The summed E-state index contributed by atoms with van der Waals surface area (Å²) in [5, 5.41) is 32.3. The lowest BCUT2D eigenvalue weighted by Crippen LogP contribution is -2.61. The Hall–Kier alpha value is -1.21. The van der Waals surface area contributed by atoms with Gasteiger partial charge in [0.2, 0.25) is 0 Å². The van der Waals surface area contributed by atoms with Crippen LogP contribution >= 0.6 is 23.5 Å². The van der Waals surface area contributed by atoms with Crippen LogP contribution in [0.3, 0.4) is 0 Å². The minimum Gasteiger partial charge on any atom is -0.394 e. The standard InChI is InChI=1S/C22H31O18P3/c1-10-6-7-13(12-5-3-2-4-11(10)12)17-21(40-43(32,33)34)18(14(8-23)35-17)37-22-16(25)20(39-42(29,30)31)19(15(9-24)36-22)38-41(26,27)28/h2-7,14-25H,8-9H2,1H3,(H2,26,27,28)(H2,29,30,31)(H2,32,33,34)/t14-,15-,16-,17+,18-,19-,20-,21+,22-/m1/s1. The number of hydrogen-bond donors (Lipinski definition) is 9. The molecule has 43 heavy (non-hydrogen) atoms. The third kappa shape index (κ3) is 8.34. The molecule has 2 aromatic carbocycles. The second-order valence-corrected chi connectivity index (χ2v) is 13.4. The average molecular weight is 676 g/mol. The third-order valence-corrected chi connectivity index (χ3v) is 8.39. The van der Waals surface area contributed by atoms with Gasteiger partial charge in [-0.15, -0.1) is 0 Å². The monoisotopic (exact) mass is 676 g/mol. The van der Waals surface area contributed by atoms with E-state index in [9.17, 15) is 58.4 Å². The average Bonchev–Trinajstić information content (AvgIpc) is 3.22. The molecule has 18 nitrogen and oxygen atoms in total. The maximum atomic E-state index is 12.0. The van der Waals surface area contributed by atoms with Crippen molar-refractivity contribution >= 4 is 34.2 Å². The van der Waals surface area contributed by atoms with Gasteiger partial charge in [0.15, 0.2) is 6.29 Å². The molecule has 0 aliphatic carbocycles. The number of rotatable bonds is 11. The summed E-state index contributed by atoms with van der Waals surface area (Å²) in [4.78, 5) is 56.8. The van der Waals surface area contributed by atoms with Crippen LogP contribution in [0.2, 0.25) is 0 Å². The number of phosphoric acid groups is 3. The molecule has 9 N–H and O–H groups in total. The second-order valence-electron chi connectivity index (χ2n) is 9.79. The maximum absolute atomic E-state index is 12.0. The molecule has 0 radical (unpaired) electrons. The first-order valence-corrected chi connectivity index (χ1v) is 17.1. The van der Waals surface area contributed by atoms with E-state index in [-0.39, 0.29) is 0 Å². The normalized spacial score (nSPS) is 32.4. The van der Waals surface area contributed by atoms with Crippen molar-refractivity contribution in [2.45, 2.75) is 62.0 Å². The van der Waals surface area contributed by atoms with Crippen LogP contribution < -0.4 is 0 Å². The van der Waals surface area contributed by atoms with Crippen molar-refractivity contribution in [3.05, 3.63) is 47.5 Å². The minimum atomic E-state index is -5.49. The fourth-order valence-electron chi connectivity index (χ4n) is 5.16. The molecule has 0 aromatic heterocycles. The number of aliphatic hydroxyl groups excluding tert-OH is 3. The van der Waals surface area contributed by atoms with Crippen molar-refractivity contribution in [3.63, 3.8) is 0 Å². The number of ether oxygens (including phenoxy) is 3. The molecule has 2 aliphatic heterocycles. The number of aryl methyl sites for hydroxylation is 1. The minimum absolute atomic E-state index is 0.389. The molecule has 0 spiro atoms. The summed E-state index contributed by atoms with van der Waals surface area (Å²) in [7, 11) is -16.2. The van der Waals surface area contributed by atoms with Crippen LogP contribution in [0.15, 0.2) is 36.4 Å². The fraction of sp³-hybridized carbons (Fsp3) is 0.545. The van der Waals surface area contributed by atoms with Crippen molar-refractivity contribution in [2.75, 3.05) is 13.2 Å². The van der Waals surface area contributed by atoms with Crippen molar-refractivity contribution in [1.82, 2.24) is 0 Å². The van der Waals surface area contributed by atoms with E-state index in [1.54, 1.807) is 36.4 Å². The van der Waals surface area contributed by atoms with Gasteiger partial charge in [0.1, 0.15) is 48.8 Å². The summed E-state index contributed by atoms with van der Waals surface area (Å²) in [5.41, 5.74) is 1.26. The van der Waals surface area contributed by atoms with Crippen molar-refractivity contribution in [1.29, 1.82) is 0 Å². The predicted octanol–water partition coefficient (Wildman–Crippen LogP) is -0.523. The molecule has 2 heterocycles. The first-order valence-electron chi connectivity index (χ1n) is 12.5. The summed E-state index contributed by atoms with van der Waals surface area (Å²) >= 11 is 0. The van der Waals surface area contributed by atoms with E-state index in [1.807, 2.05) is 6.92 Å². The highest BCUT2D eigenvalue weighted by atomic mass is 31.2. The Morgan fingerprint density at radius 1 is 0.698 bits per heavy atom. The van der Waals surface area contributed by atoms with Crippen molar-refractivity contribution < 1.29 is 86.2 Å². The van der Waals surface area contributed by atoms with E-state index < -0.39 is 91.8 Å². The molecule has 2 aliphatic rings. The number of benzene rings is 2. The smallest absolute Gasteiger partial charge is 0.394 e. The molecule has 0 unspecified atom stereocenters. The summed E-state index contributed by atoms with van der Waals surface area (Å²) < 4.78 is 66.4.